The van der Waals surface area contributed by atoms with E-state index in [-0.39, 0.29) is 55.7 Å². The van der Waals surface area contributed by atoms with Gasteiger partial charge in [-0.2, -0.15) is 0 Å². The number of carbonyl (C=O) groups excluding carboxylic acids is 3. The molecule has 2 atom stereocenters. The maximum absolute atomic E-state index is 13.3. The number of para-hydroxylation sites is 1. The predicted octanol–water partition coefficient (Wildman–Crippen LogP) is 0.723. The summed E-state index contributed by atoms with van der Waals surface area (Å²) < 4.78 is 0. The monoisotopic (exact) mass is 541 g/mol. The quantitative estimate of drug-likeness (QED) is 0.193. The Morgan fingerprint density at radius 1 is 1.03 bits per heavy atom. The minimum absolute atomic E-state index is 0.0473. The van der Waals surface area contributed by atoms with E-state index in [0.29, 0.717) is 11.3 Å². The van der Waals surface area contributed by atoms with E-state index < -0.39 is 23.9 Å². The average Bonchev–Trinajstić information content (AvgIpc) is 2.90. The maximum Gasteiger partial charge on any atom is 0.247 e. The van der Waals surface area contributed by atoms with Gasteiger partial charge in [0.25, 0.3) is 0 Å². The maximum atomic E-state index is 13.3. The van der Waals surface area contributed by atoms with Gasteiger partial charge in [-0.1, -0.05) is 35.9 Å². The fourth-order valence-corrected chi connectivity index (χ4v) is 4.06. The Labute approximate surface area is 225 Å². The van der Waals surface area contributed by atoms with Gasteiger partial charge in [0.1, 0.15) is 11.8 Å². The van der Waals surface area contributed by atoms with Crippen molar-refractivity contribution in [3.63, 3.8) is 0 Å². The van der Waals surface area contributed by atoms with Gasteiger partial charge < -0.3 is 37.8 Å². The second-order valence-corrected chi connectivity index (χ2v) is 9.13. The second kappa shape index (κ2) is 13.7. The van der Waals surface area contributed by atoms with E-state index in [9.17, 15) is 19.5 Å². The van der Waals surface area contributed by atoms with Gasteiger partial charge in [-0.15, -0.1) is 0 Å². The number of pyridine rings is 1. The van der Waals surface area contributed by atoms with Crippen molar-refractivity contribution in [3.05, 3.63) is 65.3 Å². The molecule has 12 heteroatoms. The Morgan fingerprint density at radius 2 is 1.74 bits per heavy atom. The van der Waals surface area contributed by atoms with E-state index in [1.807, 2.05) is 24.3 Å². The largest absolute Gasteiger partial charge is 0.506 e. The third-order valence-corrected chi connectivity index (χ3v) is 6.13. The van der Waals surface area contributed by atoms with E-state index in [1.165, 1.54) is 23.2 Å². The van der Waals surface area contributed by atoms with Crippen molar-refractivity contribution in [1.29, 1.82) is 0 Å². The van der Waals surface area contributed by atoms with Crippen LogP contribution < -0.4 is 27.8 Å². The molecule has 3 rings (SSSR count). The van der Waals surface area contributed by atoms with E-state index >= 15 is 0 Å². The highest BCUT2D eigenvalue weighted by molar-refractivity contribution is 6.32. The molecular formula is C26H32ClN7O4. The van der Waals surface area contributed by atoms with Crippen LogP contribution >= 0.6 is 11.6 Å². The van der Waals surface area contributed by atoms with Crippen LogP contribution in [-0.2, 0) is 20.8 Å². The van der Waals surface area contributed by atoms with Crippen molar-refractivity contribution in [2.24, 2.45) is 17.2 Å². The number of fused-ring (bicyclic) bond motifs is 1. The highest BCUT2D eigenvalue weighted by Gasteiger charge is 2.27. The lowest BCUT2D eigenvalue weighted by Gasteiger charge is -2.24. The van der Waals surface area contributed by atoms with Gasteiger partial charge in [-0.05, 0) is 29.8 Å². The van der Waals surface area contributed by atoms with Crippen molar-refractivity contribution in [2.45, 2.75) is 24.9 Å². The number of anilines is 1. The van der Waals surface area contributed by atoms with Crippen molar-refractivity contribution < 1.29 is 19.5 Å². The fourth-order valence-electron chi connectivity index (χ4n) is 3.85. The molecule has 0 saturated heterocycles. The first-order valence-corrected chi connectivity index (χ1v) is 12.5. The number of phenols is 1. The Bertz CT molecular complexity index is 1280. The van der Waals surface area contributed by atoms with Gasteiger partial charge in [0, 0.05) is 38.0 Å². The van der Waals surface area contributed by atoms with Crippen LogP contribution in [-0.4, -0.2) is 71.0 Å². The number of nitrogens with zero attached hydrogens (tertiary/aromatic N) is 2. The van der Waals surface area contributed by atoms with Crippen molar-refractivity contribution in [3.8, 4) is 5.75 Å². The minimum Gasteiger partial charge on any atom is -0.506 e. The normalized spacial score (nSPS) is 12.5. The molecule has 0 fully saturated rings. The zero-order valence-corrected chi connectivity index (χ0v) is 21.5. The van der Waals surface area contributed by atoms with Crippen LogP contribution in [0.5, 0.6) is 5.75 Å². The first-order valence-electron chi connectivity index (χ1n) is 12.1. The summed E-state index contributed by atoms with van der Waals surface area (Å²) in [6.45, 7) is 1.07. The summed E-state index contributed by atoms with van der Waals surface area (Å²) in [6, 6.07) is 11.4. The molecule has 3 aromatic rings. The molecule has 0 aliphatic rings. The topological polar surface area (TPSA) is 190 Å². The zero-order chi connectivity index (χ0) is 27.7. The molecular weight excluding hydrogens is 510 g/mol. The molecule has 38 heavy (non-hydrogen) atoms. The van der Waals surface area contributed by atoms with Crippen LogP contribution in [0.2, 0.25) is 5.02 Å². The van der Waals surface area contributed by atoms with E-state index in [1.54, 1.807) is 12.1 Å². The van der Waals surface area contributed by atoms with Crippen LogP contribution in [0.25, 0.3) is 10.9 Å². The van der Waals surface area contributed by atoms with E-state index in [0.717, 1.165) is 10.9 Å². The number of nitrogens with two attached hydrogens (primary N) is 3. The van der Waals surface area contributed by atoms with Gasteiger partial charge in [0.05, 0.1) is 34.9 Å². The Hall–Kier alpha value is -3.77. The van der Waals surface area contributed by atoms with Crippen LogP contribution in [0.1, 0.15) is 12.0 Å². The number of hydrogen-bond acceptors (Lipinski definition) is 8. The van der Waals surface area contributed by atoms with E-state index in [2.05, 4.69) is 15.6 Å². The van der Waals surface area contributed by atoms with Crippen LogP contribution in [0, 0.1) is 0 Å². The molecule has 0 aliphatic carbocycles. The Balaban J connectivity index is 1.76. The van der Waals surface area contributed by atoms with Gasteiger partial charge in [-0.25, -0.2) is 0 Å². The van der Waals surface area contributed by atoms with E-state index in [4.69, 9.17) is 28.8 Å². The Kier molecular flexibility index (Phi) is 10.4. The summed E-state index contributed by atoms with van der Waals surface area (Å²) in [5.74, 6) is -1.67. The first kappa shape index (κ1) is 28.8. The molecule has 2 aromatic carbocycles. The van der Waals surface area contributed by atoms with Crippen LogP contribution in [0.15, 0.2) is 54.7 Å². The second-order valence-electron chi connectivity index (χ2n) is 8.73. The molecule has 11 nitrogen and oxygen atoms in total. The number of amides is 3. The number of phenolic OH excluding ortho intramolecular Hbond substituents is 1. The average molecular weight is 542 g/mol. The molecule has 0 saturated carbocycles. The molecule has 0 aliphatic heterocycles. The van der Waals surface area contributed by atoms with Gasteiger partial charge >= 0.3 is 0 Å². The smallest absolute Gasteiger partial charge is 0.247 e. The SMILES string of the molecule is NCCN(CCN)C(=O)CC(N)C(=O)NC(Cc1ccc(O)c(Cl)c1)C(=O)Nc1cnc2ccccc2c1. The first-order chi connectivity index (χ1) is 18.2. The standard InChI is InChI=1S/C26H32ClN7O4/c27-19-11-16(5-6-23(19)35)12-22(26(38)32-18-13-17-3-1-2-4-21(17)31-15-18)33-25(37)20(30)14-24(36)34(9-7-28)10-8-29/h1-6,11,13,15,20,22,35H,7-10,12,14,28-30H2,(H,32,38)(H,33,37). The lowest BCUT2D eigenvalue weighted by Crippen LogP contribution is -2.52. The number of carbonyl (C=O) groups is 3. The summed E-state index contributed by atoms with van der Waals surface area (Å²) >= 11 is 6.03. The molecule has 0 radical (unpaired) electrons. The number of benzene rings is 2. The summed E-state index contributed by atoms with van der Waals surface area (Å²) in [5, 5.41) is 16.1. The summed E-state index contributed by atoms with van der Waals surface area (Å²) in [5.41, 5.74) is 18.9. The highest BCUT2D eigenvalue weighted by atomic mass is 35.5. The molecule has 9 N–H and O–H groups in total. The van der Waals surface area contributed by atoms with Crippen molar-refractivity contribution in [2.75, 3.05) is 31.5 Å². The Morgan fingerprint density at radius 3 is 2.42 bits per heavy atom. The number of aromatic nitrogens is 1. The van der Waals surface area contributed by atoms with Crippen molar-refractivity contribution in [1.82, 2.24) is 15.2 Å². The number of rotatable bonds is 12. The molecule has 2 unspecified atom stereocenters. The molecule has 1 heterocycles. The summed E-state index contributed by atoms with van der Waals surface area (Å²) in [6.07, 6.45) is 1.29. The van der Waals surface area contributed by atoms with Crippen LogP contribution in [0.3, 0.4) is 0 Å². The number of nitrogens with one attached hydrogen (secondary N) is 2. The highest BCUT2D eigenvalue weighted by Crippen LogP contribution is 2.24. The molecule has 0 spiro atoms. The summed E-state index contributed by atoms with van der Waals surface area (Å²) in [4.78, 5) is 44.6. The third-order valence-electron chi connectivity index (χ3n) is 5.82. The lowest BCUT2D eigenvalue weighted by molar-refractivity contribution is -0.134. The molecule has 0 bridgehead atoms. The third kappa shape index (κ3) is 7.86. The lowest BCUT2D eigenvalue weighted by atomic mass is 10.0. The van der Waals surface area contributed by atoms with Crippen LogP contribution in [0.4, 0.5) is 5.69 Å². The fraction of sp³-hybridized carbons (Fsp3) is 0.308. The predicted molar refractivity (Wildman–Crippen MR) is 146 cm³/mol. The van der Waals surface area contributed by atoms with Crippen molar-refractivity contribution >= 4 is 45.9 Å². The van der Waals surface area contributed by atoms with Gasteiger partial charge in [-0.3, -0.25) is 19.4 Å². The molecule has 1 aromatic heterocycles. The van der Waals surface area contributed by atoms with Gasteiger partial charge in [0.2, 0.25) is 17.7 Å². The van der Waals surface area contributed by atoms with Gasteiger partial charge in [0.15, 0.2) is 0 Å². The molecule has 202 valence electrons. The minimum atomic E-state index is -1.21. The number of halogens is 1. The molecule has 3 amide bonds. The zero-order valence-electron chi connectivity index (χ0n) is 20.8. The number of aromatic hydroxyl groups is 1. The summed E-state index contributed by atoms with van der Waals surface area (Å²) in [7, 11) is 0. The number of hydrogen-bond donors (Lipinski definition) is 6.